The molecule has 0 aliphatic carbocycles. The minimum absolute atomic E-state index is 0.288. The smallest absolute Gasteiger partial charge is 0.229 e. The van der Waals surface area contributed by atoms with Gasteiger partial charge in [-0.1, -0.05) is 12.1 Å². The molecule has 1 saturated heterocycles. The Morgan fingerprint density at radius 1 is 1.04 bits per heavy atom. The second-order valence-corrected chi connectivity index (χ2v) is 5.57. The van der Waals surface area contributed by atoms with Gasteiger partial charge in [0.25, 0.3) is 0 Å². The second-order valence-electron chi connectivity index (χ2n) is 5.57. The Kier molecular flexibility index (Phi) is 5.93. The van der Waals surface area contributed by atoms with E-state index in [0.717, 1.165) is 0 Å². The average Bonchev–Trinajstić information content (AvgIpc) is 2.55. The molecule has 23 heavy (non-hydrogen) atoms. The fourth-order valence-electron chi connectivity index (χ4n) is 2.32. The highest BCUT2D eigenvalue weighted by molar-refractivity contribution is 5.29. The first-order valence-electron chi connectivity index (χ1n) is 7.28. The molecular weight excluding hydrogens is 308 g/mol. The van der Waals surface area contributed by atoms with Gasteiger partial charge < -0.3 is 40.1 Å². The zero-order valence-electron chi connectivity index (χ0n) is 12.6. The quantitative estimate of drug-likeness (QED) is 0.375. The van der Waals surface area contributed by atoms with Crippen molar-refractivity contribution in [1.82, 2.24) is 0 Å². The molecule has 1 aliphatic heterocycles. The van der Waals surface area contributed by atoms with Crippen LogP contribution in [0.4, 0.5) is 0 Å². The van der Waals surface area contributed by atoms with Crippen molar-refractivity contribution < 1.29 is 40.1 Å². The van der Waals surface area contributed by atoms with E-state index in [1.807, 2.05) is 0 Å². The molecule has 0 bridgehead atoms. The van der Waals surface area contributed by atoms with Crippen molar-refractivity contribution in [3.05, 3.63) is 29.8 Å². The highest BCUT2D eigenvalue weighted by Crippen LogP contribution is 2.26. The van der Waals surface area contributed by atoms with E-state index in [2.05, 4.69) is 0 Å². The van der Waals surface area contributed by atoms with E-state index in [1.54, 1.807) is 0 Å². The summed E-state index contributed by atoms with van der Waals surface area (Å²) in [5.74, 6) is 0.288. The number of aliphatic hydroxyl groups excluding tert-OH is 6. The van der Waals surface area contributed by atoms with Gasteiger partial charge in [-0.05, 0) is 24.6 Å². The van der Waals surface area contributed by atoms with Gasteiger partial charge in [-0.15, -0.1) is 0 Å². The molecule has 0 spiro atoms. The first-order chi connectivity index (χ1) is 10.8. The number of benzene rings is 1. The van der Waals surface area contributed by atoms with Crippen LogP contribution in [-0.4, -0.2) is 74.1 Å². The Hall–Kier alpha value is -1.26. The van der Waals surface area contributed by atoms with Crippen LogP contribution >= 0.6 is 0 Å². The molecule has 8 heteroatoms. The Morgan fingerprint density at radius 3 is 2.17 bits per heavy atom. The van der Waals surface area contributed by atoms with Gasteiger partial charge in [0.15, 0.2) is 0 Å². The third-order valence-electron chi connectivity index (χ3n) is 3.78. The fourth-order valence-corrected chi connectivity index (χ4v) is 2.32. The van der Waals surface area contributed by atoms with E-state index in [9.17, 15) is 25.5 Å². The van der Waals surface area contributed by atoms with Crippen LogP contribution in [-0.2, 0) is 4.74 Å². The lowest BCUT2D eigenvalue weighted by Gasteiger charge is -2.39. The molecule has 0 aromatic heterocycles. The Labute approximate surface area is 133 Å². The fraction of sp³-hybridized carbons (Fsp3) is 0.600. The van der Waals surface area contributed by atoms with Gasteiger partial charge in [0.2, 0.25) is 6.29 Å². The van der Waals surface area contributed by atoms with Crippen LogP contribution < -0.4 is 4.74 Å². The molecule has 2 rings (SSSR count). The van der Waals surface area contributed by atoms with Crippen LogP contribution in [0.25, 0.3) is 0 Å². The monoisotopic (exact) mass is 330 g/mol. The van der Waals surface area contributed by atoms with Gasteiger partial charge >= 0.3 is 0 Å². The lowest BCUT2D eigenvalue weighted by molar-refractivity contribution is -0.277. The van der Waals surface area contributed by atoms with Gasteiger partial charge in [0, 0.05) is 0 Å². The Balaban J connectivity index is 2.06. The summed E-state index contributed by atoms with van der Waals surface area (Å²) in [6, 6.07) is 6.08. The third kappa shape index (κ3) is 3.99. The van der Waals surface area contributed by atoms with Crippen molar-refractivity contribution in [1.29, 1.82) is 0 Å². The molecule has 0 saturated carbocycles. The van der Waals surface area contributed by atoms with Crippen molar-refractivity contribution in [3.8, 4) is 5.75 Å². The van der Waals surface area contributed by atoms with Crippen LogP contribution in [0, 0.1) is 0 Å². The predicted octanol–water partition coefficient (Wildman–Crippen LogP) is -1.72. The van der Waals surface area contributed by atoms with Crippen molar-refractivity contribution in [3.63, 3.8) is 0 Å². The van der Waals surface area contributed by atoms with Crippen molar-refractivity contribution in [2.45, 2.75) is 49.8 Å². The summed E-state index contributed by atoms with van der Waals surface area (Å²) in [5.41, 5.74) is 0.487. The standard InChI is InChI=1S/C15H22O8/c1-7(17)11(18)8-2-4-9(5-3-8)22-15-14(21)13(20)12(19)10(6-16)23-15/h2-5,7,10-21H,6H2,1H3/t7?,10-,11?,12-,13+,14-,15-/m1/s1. The zero-order valence-corrected chi connectivity index (χ0v) is 12.6. The van der Waals surface area contributed by atoms with Crippen LogP contribution in [0.5, 0.6) is 5.75 Å². The number of ether oxygens (including phenoxy) is 2. The largest absolute Gasteiger partial charge is 0.462 e. The summed E-state index contributed by atoms with van der Waals surface area (Å²) in [6.07, 6.45) is -8.72. The van der Waals surface area contributed by atoms with E-state index in [-0.39, 0.29) is 5.75 Å². The molecular formula is C15H22O8. The average molecular weight is 330 g/mol. The number of aliphatic hydroxyl groups is 6. The molecule has 8 nitrogen and oxygen atoms in total. The predicted molar refractivity (Wildman–Crippen MR) is 77.5 cm³/mol. The van der Waals surface area contributed by atoms with Gasteiger partial charge in [-0.3, -0.25) is 0 Å². The Bertz CT molecular complexity index is 489. The van der Waals surface area contributed by atoms with E-state index in [4.69, 9.17) is 14.6 Å². The van der Waals surface area contributed by atoms with E-state index in [0.29, 0.717) is 5.56 Å². The lowest BCUT2D eigenvalue weighted by atomic mass is 9.99. The van der Waals surface area contributed by atoms with Crippen LogP contribution in [0.3, 0.4) is 0 Å². The maximum Gasteiger partial charge on any atom is 0.229 e. The molecule has 1 aliphatic rings. The topological polar surface area (TPSA) is 140 Å². The molecule has 1 aromatic carbocycles. The van der Waals surface area contributed by atoms with E-state index < -0.39 is 49.5 Å². The van der Waals surface area contributed by atoms with Crippen molar-refractivity contribution >= 4 is 0 Å². The number of hydrogen-bond acceptors (Lipinski definition) is 8. The van der Waals surface area contributed by atoms with E-state index >= 15 is 0 Å². The van der Waals surface area contributed by atoms with E-state index in [1.165, 1.54) is 31.2 Å². The zero-order chi connectivity index (χ0) is 17.1. The Morgan fingerprint density at radius 2 is 1.65 bits per heavy atom. The lowest BCUT2D eigenvalue weighted by Crippen LogP contribution is -2.60. The normalized spacial score (nSPS) is 34.0. The van der Waals surface area contributed by atoms with Gasteiger partial charge in [0.05, 0.1) is 12.7 Å². The number of hydrogen-bond donors (Lipinski definition) is 6. The molecule has 1 fully saturated rings. The first-order valence-corrected chi connectivity index (χ1v) is 7.28. The maximum absolute atomic E-state index is 9.88. The maximum atomic E-state index is 9.88. The summed E-state index contributed by atoms with van der Waals surface area (Å²) in [7, 11) is 0. The van der Waals surface area contributed by atoms with Crippen molar-refractivity contribution in [2.24, 2.45) is 0 Å². The van der Waals surface area contributed by atoms with Crippen LogP contribution in [0.15, 0.2) is 24.3 Å². The summed E-state index contributed by atoms with van der Waals surface area (Å²) < 4.78 is 10.6. The van der Waals surface area contributed by atoms with Crippen molar-refractivity contribution in [2.75, 3.05) is 6.61 Å². The highest BCUT2D eigenvalue weighted by Gasteiger charge is 2.44. The first kappa shape index (κ1) is 18.1. The third-order valence-corrected chi connectivity index (χ3v) is 3.78. The minimum Gasteiger partial charge on any atom is -0.462 e. The molecule has 7 atom stereocenters. The molecule has 6 N–H and O–H groups in total. The molecule has 0 radical (unpaired) electrons. The minimum atomic E-state index is -1.51. The van der Waals surface area contributed by atoms with Gasteiger partial charge in [-0.25, -0.2) is 0 Å². The summed E-state index contributed by atoms with van der Waals surface area (Å²) in [5, 5.41) is 57.5. The molecule has 0 amide bonds. The molecule has 1 aromatic rings. The second kappa shape index (κ2) is 7.54. The summed E-state index contributed by atoms with van der Waals surface area (Å²) >= 11 is 0. The van der Waals surface area contributed by atoms with Gasteiger partial charge in [-0.2, -0.15) is 0 Å². The molecule has 2 unspecified atom stereocenters. The SMILES string of the molecule is CC(O)C(O)c1ccc(O[C@@H]2O[C@H](CO)[C@@H](O)[C@H](O)[C@H]2O)cc1. The molecule has 1 heterocycles. The van der Waals surface area contributed by atoms with Crippen LogP contribution in [0.1, 0.15) is 18.6 Å². The van der Waals surface area contributed by atoms with Gasteiger partial charge in [0.1, 0.15) is 36.3 Å². The summed E-state index contributed by atoms with van der Waals surface area (Å²) in [4.78, 5) is 0. The number of rotatable bonds is 5. The highest BCUT2D eigenvalue weighted by atomic mass is 16.7. The summed E-state index contributed by atoms with van der Waals surface area (Å²) in [6.45, 7) is 0.924. The van der Waals surface area contributed by atoms with Crippen LogP contribution in [0.2, 0.25) is 0 Å². The molecule has 130 valence electrons.